The molecular weight excluding hydrogens is 350 g/mol. The molecule has 1 N–H and O–H groups in total. The van der Waals surface area contributed by atoms with E-state index in [1.54, 1.807) is 6.07 Å². The van der Waals surface area contributed by atoms with Crippen LogP contribution in [0.1, 0.15) is 37.3 Å². The van der Waals surface area contributed by atoms with Crippen LogP contribution in [-0.4, -0.2) is 14.6 Å². The topological polar surface area (TPSA) is 134 Å². The number of nitrogens with zero attached hydrogens (tertiary/aromatic N) is 5. The second-order valence-corrected chi connectivity index (χ2v) is 5.89. The van der Waals surface area contributed by atoms with Gasteiger partial charge < -0.3 is 5.11 Å². The Balaban J connectivity index is 2.57. The molecule has 1 aromatic carbocycles. The van der Waals surface area contributed by atoms with Crippen molar-refractivity contribution >= 4 is 17.1 Å². The van der Waals surface area contributed by atoms with E-state index in [9.17, 15) is 25.3 Å². The number of pyridine rings is 1. The Kier molecular flexibility index (Phi) is 6.38. The fraction of sp³-hybridized carbons (Fsp3) is 0.333. The zero-order valence-corrected chi connectivity index (χ0v) is 15.0. The molecule has 140 valence electrons. The zero-order valence-electron chi connectivity index (χ0n) is 15.0. The summed E-state index contributed by atoms with van der Waals surface area (Å²) < 4.78 is 1.09. The Morgan fingerprint density at radius 2 is 2.00 bits per heavy atom. The third-order valence-electron chi connectivity index (χ3n) is 4.09. The number of hydrogen-bond donors (Lipinski definition) is 1. The lowest BCUT2D eigenvalue weighted by Crippen LogP contribution is -2.22. The molecule has 1 heterocycles. The molecule has 0 aliphatic carbocycles. The van der Waals surface area contributed by atoms with Gasteiger partial charge in [0.15, 0.2) is 11.4 Å². The highest BCUT2D eigenvalue weighted by molar-refractivity contribution is 5.59. The predicted molar refractivity (Wildman–Crippen MR) is 98.6 cm³/mol. The van der Waals surface area contributed by atoms with Crippen LogP contribution in [0.2, 0.25) is 0 Å². The number of benzene rings is 1. The highest BCUT2D eigenvalue weighted by Gasteiger charge is 2.19. The summed E-state index contributed by atoms with van der Waals surface area (Å²) in [4.78, 5) is 23.2. The first kappa shape index (κ1) is 19.8. The molecule has 2 aromatic rings. The number of aromatic nitrogens is 1. The molecule has 0 atom stereocenters. The Morgan fingerprint density at radius 3 is 2.63 bits per heavy atom. The van der Waals surface area contributed by atoms with Crippen molar-refractivity contribution in [1.82, 2.24) is 4.57 Å². The summed E-state index contributed by atoms with van der Waals surface area (Å²) in [6.07, 6.45) is 2.43. The number of para-hydroxylation sites is 1. The van der Waals surface area contributed by atoms with E-state index in [-0.39, 0.29) is 34.7 Å². The van der Waals surface area contributed by atoms with Gasteiger partial charge in [0.2, 0.25) is 5.88 Å². The molecule has 9 nitrogen and oxygen atoms in total. The number of hydrogen-bond acceptors (Lipinski definition) is 7. The van der Waals surface area contributed by atoms with Crippen molar-refractivity contribution in [1.29, 1.82) is 5.26 Å². The van der Waals surface area contributed by atoms with Crippen LogP contribution >= 0.6 is 0 Å². The lowest BCUT2D eigenvalue weighted by molar-refractivity contribution is -0.384. The van der Waals surface area contributed by atoms with Crippen molar-refractivity contribution in [3.05, 3.63) is 55.9 Å². The lowest BCUT2D eigenvalue weighted by Gasteiger charge is -2.12. The van der Waals surface area contributed by atoms with Crippen LogP contribution in [-0.2, 0) is 6.54 Å². The summed E-state index contributed by atoms with van der Waals surface area (Å²) in [6.45, 7) is 3.72. The highest BCUT2D eigenvalue weighted by Crippen LogP contribution is 2.30. The molecular formula is C18H19N5O4. The van der Waals surface area contributed by atoms with Crippen LogP contribution in [0.4, 0.5) is 17.1 Å². The van der Waals surface area contributed by atoms with Gasteiger partial charge in [-0.2, -0.15) is 5.26 Å². The minimum atomic E-state index is -0.595. The Bertz CT molecular complexity index is 988. The minimum Gasteiger partial charge on any atom is -0.493 e. The molecule has 0 fully saturated rings. The van der Waals surface area contributed by atoms with Crippen molar-refractivity contribution in [2.75, 3.05) is 0 Å². The quantitative estimate of drug-likeness (QED) is 0.337. The summed E-state index contributed by atoms with van der Waals surface area (Å²) in [7, 11) is 0. The number of nitro groups is 1. The molecule has 27 heavy (non-hydrogen) atoms. The number of nitro benzene ring substituents is 1. The van der Waals surface area contributed by atoms with Crippen molar-refractivity contribution in [2.45, 2.75) is 39.7 Å². The molecule has 2 rings (SSSR count). The molecule has 0 saturated heterocycles. The van der Waals surface area contributed by atoms with Crippen molar-refractivity contribution in [2.24, 2.45) is 10.2 Å². The van der Waals surface area contributed by atoms with Gasteiger partial charge in [-0.05, 0) is 19.4 Å². The average Bonchev–Trinajstić information content (AvgIpc) is 2.65. The molecule has 9 heteroatoms. The van der Waals surface area contributed by atoms with Crippen LogP contribution < -0.4 is 5.56 Å². The van der Waals surface area contributed by atoms with E-state index < -0.39 is 16.4 Å². The van der Waals surface area contributed by atoms with E-state index in [2.05, 4.69) is 10.2 Å². The van der Waals surface area contributed by atoms with E-state index in [1.165, 1.54) is 25.1 Å². The summed E-state index contributed by atoms with van der Waals surface area (Å²) in [5, 5.41) is 38.4. The van der Waals surface area contributed by atoms with Crippen LogP contribution in [0, 0.1) is 28.4 Å². The van der Waals surface area contributed by atoms with Gasteiger partial charge in [0.1, 0.15) is 11.6 Å². The van der Waals surface area contributed by atoms with Gasteiger partial charge in [-0.3, -0.25) is 19.5 Å². The maximum Gasteiger partial charge on any atom is 0.296 e. The van der Waals surface area contributed by atoms with E-state index in [0.29, 0.717) is 6.42 Å². The average molecular weight is 369 g/mol. The zero-order chi connectivity index (χ0) is 20.0. The van der Waals surface area contributed by atoms with E-state index >= 15 is 0 Å². The molecule has 0 aliphatic heterocycles. The molecule has 0 saturated carbocycles. The smallest absolute Gasteiger partial charge is 0.296 e. The normalized spacial score (nSPS) is 10.9. The fourth-order valence-electron chi connectivity index (χ4n) is 2.59. The van der Waals surface area contributed by atoms with E-state index in [4.69, 9.17) is 0 Å². The molecule has 0 bridgehead atoms. The van der Waals surface area contributed by atoms with E-state index in [0.717, 1.165) is 17.4 Å². The lowest BCUT2D eigenvalue weighted by atomic mass is 10.1. The largest absolute Gasteiger partial charge is 0.493 e. The SMILES string of the molecule is CCCCCn1c(O)c(C#N)c(C)c(N=Nc2ccccc2[N+](=O)[O-])c1=O. The summed E-state index contributed by atoms with van der Waals surface area (Å²) in [5.41, 5.74) is -0.870. The van der Waals surface area contributed by atoms with Gasteiger partial charge in [-0.15, -0.1) is 10.2 Å². The molecule has 0 spiro atoms. The van der Waals surface area contributed by atoms with Gasteiger partial charge in [-0.25, -0.2) is 0 Å². The summed E-state index contributed by atoms with van der Waals surface area (Å²) in [5.74, 6) is -0.402. The van der Waals surface area contributed by atoms with Gasteiger partial charge >= 0.3 is 0 Å². The maximum absolute atomic E-state index is 12.7. The third-order valence-corrected chi connectivity index (χ3v) is 4.09. The van der Waals surface area contributed by atoms with Crippen LogP contribution in [0.25, 0.3) is 0 Å². The number of aromatic hydroxyl groups is 1. The number of nitriles is 1. The minimum absolute atomic E-state index is 0.00887. The standard InChI is InChI=1S/C18H19N5O4/c1-3-4-7-10-22-17(24)13(11-19)12(2)16(18(22)25)21-20-14-8-5-6-9-15(14)23(26)27/h5-6,8-9,24H,3-4,7,10H2,1-2H3. The van der Waals surface area contributed by atoms with E-state index in [1.807, 2.05) is 13.0 Å². The van der Waals surface area contributed by atoms with Crippen LogP contribution in [0.3, 0.4) is 0 Å². The summed E-state index contributed by atoms with van der Waals surface area (Å²) in [6, 6.07) is 7.62. The van der Waals surface area contributed by atoms with Gasteiger partial charge in [0.05, 0.1) is 4.92 Å². The fourth-order valence-corrected chi connectivity index (χ4v) is 2.59. The molecule has 1 aromatic heterocycles. The summed E-state index contributed by atoms with van der Waals surface area (Å²) >= 11 is 0. The Morgan fingerprint density at radius 1 is 1.30 bits per heavy atom. The Labute approximate surface area is 155 Å². The number of rotatable bonds is 7. The van der Waals surface area contributed by atoms with Crippen molar-refractivity contribution < 1.29 is 10.0 Å². The first-order valence-electron chi connectivity index (χ1n) is 8.44. The van der Waals surface area contributed by atoms with Crippen LogP contribution in [0.5, 0.6) is 5.88 Å². The van der Waals surface area contributed by atoms with Crippen molar-refractivity contribution in [3.63, 3.8) is 0 Å². The second-order valence-electron chi connectivity index (χ2n) is 5.89. The number of azo groups is 1. The third kappa shape index (κ3) is 4.17. The number of unbranched alkanes of at least 4 members (excludes halogenated alkanes) is 2. The molecule has 0 radical (unpaired) electrons. The first-order valence-corrected chi connectivity index (χ1v) is 8.44. The second kappa shape index (κ2) is 8.71. The predicted octanol–water partition coefficient (Wildman–Crippen LogP) is 4.25. The molecule has 0 unspecified atom stereocenters. The van der Waals surface area contributed by atoms with Gasteiger partial charge in [0.25, 0.3) is 11.2 Å². The van der Waals surface area contributed by atoms with Crippen molar-refractivity contribution in [3.8, 4) is 11.9 Å². The highest BCUT2D eigenvalue weighted by atomic mass is 16.6. The monoisotopic (exact) mass is 369 g/mol. The van der Waals surface area contributed by atoms with Crippen LogP contribution in [0.15, 0.2) is 39.3 Å². The molecule has 0 aliphatic rings. The van der Waals surface area contributed by atoms with Gasteiger partial charge in [0, 0.05) is 18.2 Å². The maximum atomic E-state index is 12.7. The Hall–Kier alpha value is -3.54. The first-order chi connectivity index (χ1) is 12.9. The van der Waals surface area contributed by atoms with Gasteiger partial charge in [-0.1, -0.05) is 31.9 Å². The molecule has 0 amide bonds.